The number of aromatic nitrogens is 1. The second-order valence-electron chi connectivity index (χ2n) is 6.25. The summed E-state index contributed by atoms with van der Waals surface area (Å²) in [7, 11) is 0. The minimum atomic E-state index is -2.93. The van der Waals surface area contributed by atoms with Crippen molar-refractivity contribution >= 4 is 28.9 Å². The largest absolute Gasteiger partial charge is 0.456 e. The van der Waals surface area contributed by atoms with Gasteiger partial charge in [-0.2, -0.15) is 8.78 Å². The molecule has 1 amide bonds. The summed E-state index contributed by atoms with van der Waals surface area (Å²) in [5.41, 5.74) is 2.43. The van der Waals surface area contributed by atoms with Crippen LogP contribution in [0.25, 0.3) is 0 Å². The normalized spacial score (nSPS) is 10.7. The third-order valence-electron chi connectivity index (χ3n) is 4.00. The highest BCUT2D eigenvalue weighted by atomic mass is 32.1. The van der Waals surface area contributed by atoms with Crippen LogP contribution < -0.4 is 10.1 Å². The number of nitrogens with zero attached hydrogens (tertiary/aromatic N) is 1. The zero-order chi connectivity index (χ0) is 21.5. The Bertz CT molecular complexity index is 1020. The summed E-state index contributed by atoms with van der Waals surface area (Å²) in [6.07, 6.45) is 0.110. The first-order chi connectivity index (χ1) is 14.4. The number of thiazole rings is 1. The standard InChI is InChI=1S/C21H18F2N2O4S/c1-13-4-2-3-5-17(13)25-18(26)10-19-24-15(12-30-19)11-28-20(27)14-6-8-16(9-7-14)29-21(22)23/h2-9,12,21H,10-11H2,1H3,(H,25,26). The molecule has 0 aliphatic heterocycles. The number of carbonyl (C=O) groups is 2. The van der Waals surface area contributed by atoms with Gasteiger partial charge >= 0.3 is 12.6 Å². The number of rotatable bonds is 8. The van der Waals surface area contributed by atoms with E-state index in [9.17, 15) is 18.4 Å². The first kappa shape index (κ1) is 21.4. The van der Waals surface area contributed by atoms with Crippen molar-refractivity contribution in [2.45, 2.75) is 26.6 Å². The molecule has 0 saturated carbocycles. The van der Waals surface area contributed by atoms with E-state index >= 15 is 0 Å². The van der Waals surface area contributed by atoms with Gasteiger partial charge in [-0.15, -0.1) is 11.3 Å². The highest BCUT2D eigenvalue weighted by molar-refractivity contribution is 7.09. The molecule has 156 valence electrons. The van der Waals surface area contributed by atoms with Crippen molar-refractivity contribution in [3.05, 3.63) is 75.7 Å². The van der Waals surface area contributed by atoms with Crippen molar-refractivity contribution in [2.24, 2.45) is 0 Å². The van der Waals surface area contributed by atoms with Crippen LogP contribution in [0.5, 0.6) is 5.75 Å². The Morgan fingerprint density at radius 3 is 2.57 bits per heavy atom. The SMILES string of the molecule is Cc1ccccc1NC(=O)Cc1nc(COC(=O)c2ccc(OC(F)F)cc2)cs1. The van der Waals surface area contributed by atoms with Crippen LogP contribution in [0.1, 0.15) is 26.6 Å². The van der Waals surface area contributed by atoms with Crippen LogP contribution in [0.15, 0.2) is 53.9 Å². The number of ether oxygens (including phenoxy) is 2. The quantitative estimate of drug-likeness (QED) is 0.527. The molecule has 0 aliphatic carbocycles. The van der Waals surface area contributed by atoms with Crippen LogP contribution in [-0.4, -0.2) is 23.5 Å². The van der Waals surface area contributed by atoms with Gasteiger partial charge in [-0.25, -0.2) is 9.78 Å². The van der Waals surface area contributed by atoms with Crippen LogP contribution in [0.4, 0.5) is 14.5 Å². The number of esters is 1. The molecule has 1 N–H and O–H groups in total. The highest BCUT2D eigenvalue weighted by Crippen LogP contribution is 2.18. The fraction of sp³-hybridized carbons (Fsp3) is 0.190. The first-order valence-electron chi connectivity index (χ1n) is 8.91. The molecule has 0 radical (unpaired) electrons. The first-order valence-corrected chi connectivity index (χ1v) is 9.79. The second kappa shape index (κ2) is 9.93. The number of hydrogen-bond acceptors (Lipinski definition) is 6. The predicted octanol–water partition coefficient (Wildman–Crippen LogP) is 4.59. The molecule has 0 atom stereocenters. The Morgan fingerprint density at radius 1 is 1.13 bits per heavy atom. The minimum absolute atomic E-state index is 0.0466. The number of amides is 1. The molecular formula is C21H18F2N2O4S. The number of benzene rings is 2. The van der Waals surface area contributed by atoms with Gasteiger partial charge in [-0.05, 0) is 42.8 Å². The lowest BCUT2D eigenvalue weighted by Gasteiger charge is -2.07. The van der Waals surface area contributed by atoms with E-state index in [0.717, 1.165) is 11.3 Å². The van der Waals surface area contributed by atoms with E-state index in [0.29, 0.717) is 10.7 Å². The summed E-state index contributed by atoms with van der Waals surface area (Å²) in [6, 6.07) is 12.7. The van der Waals surface area contributed by atoms with Gasteiger partial charge in [0.2, 0.25) is 5.91 Å². The van der Waals surface area contributed by atoms with E-state index in [-0.39, 0.29) is 30.2 Å². The van der Waals surface area contributed by atoms with Crippen LogP contribution in [0.2, 0.25) is 0 Å². The molecule has 0 unspecified atom stereocenters. The Kier molecular flexibility index (Phi) is 7.08. The van der Waals surface area contributed by atoms with Gasteiger partial charge in [-0.1, -0.05) is 18.2 Å². The summed E-state index contributed by atoms with van der Waals surface area (Å²) in [6.45, 7) is -1.09. The Labute approximate surface area is 175 Å². The lowest BCUT2D eigenvalue weighted by atomic mass is 10.2. The van der Waals surface area contributed by atoms with Gasteiger partial charge in [0.15, 0.2) is 0 Å². The number of aryl methyl sites for hydroxylation is 1. The maximum atomic E-state index is 12.2. The average Bonchev–Trinajstić information content (AvgIpc) is 3.15. The number of carbonyl (C=O) groups excluding carboxylic acids is 2. The predicted molar refractivity (Wildman–Crippen MR) is 108 cm³/mol. The van der Waals surface area contributed by atoms with E-state index in [2.05, 4.69) is 15.0 Å². The summed E-state index contributed by atoms with van der Waals surface area (Å²) in [4.78, 5) is 28.6. The van der Waals surface area contributed by atoms with Crippen molar-refractivity contribution < 1.29 is 27.8 Å². The number of nitrogens with one attached hydrogen (secondary N) is 1. The Hall–Kier alpha value is -3.33. The Morgan fingerprint density at radius 2 is 1.87 bits per heavy atom. The molecule has 3 aromatic rings. The molecule has 2 aromatic carbocycles. The molecule has 0 aliphatic rings. The Balaban J connectivity index is 1.49. The van der Waals surface area contributed by atoms with Gasteiger partial charge in [0, 0.05) is 11.1 Å². The highest BCUT2D eigenvalue weighted by Gasteiger charge is 2.13. The summed E-state index contributed by atoms with van der Waals surface area (Å²) < 4.78 is 33.7. The molecular weight excluding hydrogens is 414 g/mol. The van der Waals surface area contributed by atoms with Crippen molar-refractivity contribution in [1.82, 2.24) is 4.98 Å². The molecule has 0 fully saturated rings. The lowest BCUT2D eigenvalue weighted by molar-refractivity contribution is -0.115. The summed E-state index contributed by atoms with van der Waals surface area (Å²) in [5.74, 6) is -0.853. The van der Waals surface area contributed by atoms with Crippen molar-refractivity contribution in [3.63, 3.8) is 0 Å². The molecule has 30 heavy (non-hydrogen) atoms. The molecule has 0 saturated heterocycles. The van der Waals surface area contributed by atoms with Crippen molar-refractivity contribution in [2.75, 3.05) is 5.32 Å². The average molecular weight is 432 g/mol. The van der Waals surface area contributed by atoms with E-state index in [1.807, 2.05) is 31.2 Å². The van der Waals surface area contributed by atoms with E-state index in [1.165, 1.54) is 35.6 Å². The molecule has 3 rings (SSSR count). The smallest absolute Gasteiger partial charge is 0.387 e. The zero-order valence-electron chi connectivity index (χ0n) is 15.9. The van der Waals surface area contributed by atoms with Gasteiger partial charge in [0.05, 0.1) is 17.7 Å². The van der Waals surface area contributed by atoms with Crippen LogP contribution in [0, 0.1) is 6.92 Å². The maximum Gasteiger partial charge on any atom is 0.387 e. The number of halogens is 2. The molecule has 9 heteroatoms. The molecule has 0 spiro atoms. The number of alkyl halides is 2. The van der Waals surface area contributed by atoms with E-state index < -0.39 is 12.6 Å². The van der Waals surface area contributed by atoms with Gasteiger partial charge in [0.1, 0.15) is 17.4 Å². The van der Waals surface area contributed by atoms with Gasteiger partial charge < -0.3 is 14.8 Å². The van der Waals surface area contributed by atoms with Gasteiger partial charge in [-0.3, -0.25) is 4.79 Å². The molecule has 1 heterocycles. The van der Waals surface area contributed by atoms with Crippen LogP contribution in [0.3, 0.4) is 0 Å². The third kappa shape index (κ3) is 6.08. The fourth-order valence-electron chi connectivity index (χ4n) is 2.54. The monoisotopic (exact) mass is 432 g/mol. The lowest BCUT2D eigenvalue weighted by Crippen LogP contribution is -2.15. The minimum Gasteiger partial charge on any atom is -0.456 e. The number of hydrogen-bond donors (Lipinski definition) is 1. The number of anilines is 1. The topological polar surface area (TPSA) is 77.5 Å². The second-order valence-corrected chi connectivity index (χ2v) is 7.19. The number of para-hydroxylation sites is 1. The van der Waals surface area contributed by atoms with Crippen molar-refractivity contribution in [1.29, 1.82) is 0 Å². The van der Waals surface area contributed by atoms with Crippen molar-refractivity contribution in [3.8, 4) is 5.75 Å². The summed E-state index contributed by atoms with van der Waals surface area (Å²) in [5, 5.41) is 5.15. The maximum absolute atomic E-state index is 12.2. The fourth-order valence-corrected chi connectivity index (χ4v) is 3.31. The van der Waals surface area contributed by atoms with Gasteiger partial charge in [0.25, 0.3) is 0 Å². The zero-order valence-corrected chi connectivity index (χ0v) is 16.7. The molecule has 6 nitrogen and oxygen atoms in total. The van der Waals surface area contributed by atoms with Crippen LogP contribution in [-0.2, 0) is 22.6 Å². The van der Waals surface area contributed by atoms with Crippen LogP contribution >= 0.6 is 11.3 Å². The van der Waals surface area contributed by atoms with E-state index in [4.69, 9.17) is 4.74 Å². The third-order valence-corrected chi connectivity index (χ3v) is 4.89. The molecule has 1 aromatic heterocycles. The molecule has 0 bridgehead atoms. The van der Waals surface area contributed by atoms with E-state index in [1.54, 1.807) is 5.38 Å². The summed E-state index contributed by atoms with van der Waals surface area (Å²) >= 11 is 1.30.